The normalized spacial score (nSPS) is 15.6. The molecular formula is C21H18N4O4. The third-order valence-corrected chi connectivity index (χ3v) is 4.72. The van der Waals surface area contributed by atoms with E-state index >= 15 is 0 Å². The van der Waals surface area contributed by atoms with E-state index < -0.39 is 0 Å². The molecule has 0 atom stereocenters. The van der Waals surface area contributed by atoms with E-state index in [4.69, 9.17) is 0 Å². The van der Waals surface area contributed by atoms with Crippen molar-refractivity contribution >= 4 is 35.2 Å². The minimum atomic E-state index is -0.338. The second-order valence-electron chi connectivity index (χ2n) is 6.72. The Morgan fingerprint density at radius 2 is 1.55 bits per heavy atom. The van der Waals surface area contributed by atoms with Crippen LogP contribution in [0.4, 0.5) is 5.69 Å². The van der Waals surface area contributed by atoms with Crippen molar-refractivity contribution < 1.29 is 19.2 Å². The van der Waals surface area contributed by atoms with Gasteiger partial charge in [0.2, 0.25) is 5.91 Å². The SMILES string of the molecule is O=C(CCCN1C(=O)c2ccccc2C1=O)NC1=NN(c2ccccc2)C(=O)C1. The monoisotopic (exact) mass is 390 g/mol. The summed E-state index contributed by atoms with van der Waals surface area (Å²) in [6, 6.07) is 15.6. The molecular weight excluding hydrogens is 372 g/mol. The van der Waals surface area contributed by atoms with Crippen LogP contribution in [0.2, 0.25) is 0 Å². The van der Waals surface area contributed by atoms with Crippen molar-refractivity contribution in [2.75, 3.05) is 11.6 Å². The molecule has 29 heavy (non-hydrogen) atoms. The number of imide groups is 1. The Hall–Kier alpha value is -3.81. The summed E-state index contributed by atoms with van der Waals surface area (Å²) in [4.78, 5) is 50.1. The fourth-order valence-corrected chi connectivity index (χ4v) is 3.33. The molecule has 0 saturated heterocycles. The summed E-state index contributed by atoms with van der Waals surface area (Å²) >= 11 is 0. The van der Waals surface area contributed by atoms with Gasteiger partial charge in [-0.15, -0.1) is 0 Å². The van der Waals surface area contributed by atoms with Gasteiger partial charge >= 0.3 is 0 Å². The van der Waals surface area contributed by atoms with Gasteiger partial charge in [0, 0.05) is 13.0 Å². The Balaban J connectivity index is 1.30. The predicted octanol–water partition coefficient (Wildman–Crippen LogP) is 1.93. The third kappa shape index (κ3) is 3.64. The molecule has 4 rings (SSSR count). The van der Waals surface area contributed by atoms with E-state index in [1.807, 2.05) is 6.07 Å². The summed E-state index contributed by atoms with van der Waals surface area (Å²) < 4.78 is 0. The number of benzene rings is 2. The van der Waals surface area contributed by atoms with E-state index in [1.54, 1.807) is 48.5 Å². The van der Waals surface area contributed by atoms with Gasteiger partial charge < -0.3 is 5.32 Å². The Morgan fingerprint density at radius 1 is 0.931 bits per heavy atom. The number of hydrogen-bond donors (Lipinski definition) is 1. The van der Waals surface area contributed by atoms with Crippen molar-refractivity contribution in [1.82, 2.24) is 10.2 Å². The van der Waals surface area contributed by atoms with Crippen LogP contribution in [0.3, 0.4) is 0 Å². The smallest absolute Gasteiger partial charge is 0.261 e. The molecule has 8 nitrogen and oxygen atoms in total. The van der Waals surface area contributed by atoms with Crippen LogP contribution in [0.15, 0.2) is 59.7 Å². The molecule has 2 aromatic carbocycles. The number of carbonyl (C=O) groups is 4. The molecule has 0 unspecified atom stereocenters. The van der Waals surface area contributed by atoms with E-state index in [1.165, 1.54) is 5.01 Å². The maximum Gasteiger partial charge on any atom is 0.261 e. The Kier molecular flexibility index (Phi) is 4.90. The number of hydrazone groups is 1. The standard InChI is InChI=1S/C21H18N4O4/c26-18(22-17-13-19(27)25(23-17)14-7-2-1-3-8-14)11-6-12-24-20(28)15-9-4-5-10-16(15)21(24)29/h1-5,7-10H,6,11-13H2,(H,22,23,26). The summed E-state index contributed by atoms with van der Waals surface area (Å²) in [5.74, 6) is -0.935. The van der Waals surface area contributed by atoms with Crippen LogP contribution in [-0.2, 0) is 9.59 Å². The van der Waals surface area contributed by atoms with Crippen molar-refractivity contribution in [2.45, 2.75) is 19.3 Å². The lowest BCUT2D eigenvalue weighted by atomic mass is 10.1. The van der Waals surface area contributed by atoms with Crippen LogP contribution >= 0.6 is 0 Å². The number of para-hydroxylation sites is 1. The molecule has 4 amide bonds. The number of carbonyl (C=O) groups excluding carboxylic acids is 4. The van der Waals surface area contributed by atoms with Gasteiger partial charge in [0.05, 0.1) is 23.2 Å². The van der Waals surface area contributed by atoms with Gasteiger partial charge in [-0.25, -0.2) is 0 Å². The summed E-state index contributed by atoms with van der Waals surface area (Å²) in [5.41, 5.74) is 1.41. The molecule has 1 N–H and O–H groups in total. The lowest BCUT2D eigenvalue weighted by Gasteiger charge is -2.13. The van der Waals surface area contributed by atoms with Gasteiger partial charge in [-0.2, -0.15) is 10.1 Å². The first kappa shape index (κ1) is 18.5. The topological polar surface area (TPSA) is 99.2 Å². The first-order valence-electron chi connectivity index (χ1n) is 9.25. The van der Waals surface area contributed by atoms with Crippen LogP contribution < -0.4 is 10.3 Å². The molecule has 2 heterocycles. The Labute approximate surface area is 166 Å². The molecule has 2 aromatic rings. The first-order chi connectivity index (χ1) is 14.0. The van der Waals surface area contributed by atoms with Crippen molar-refractivity contribution in [3.63, 3.8) is 0 Å². The maximum atomic E-state index is 12.3. The molecule has 146 valence electrons. The van der Waals surface area contributed by atoms with Gasteiger partial charge in [-0.3, -0.25) is 24.1 Å². The average Bonchev–Trinajstić information content (AvgIpc) is 3.21. The van der Waals surface area contributed by atoms with Crippen molar-refractivity contribution in [2.24, 2.45) is 5.10 Å². The lowest BCUT2D eigenvalue weighted by Crippen LogP contribution is -2.33. The van der Waals surface area contributed by atoms with Crippen molar-refractivity contribution in [3.05, 3.63) is 65.7 Å². The first-order valence-corrected chi connectivity index (χ1v) is 9.25. The van der Waals surface area contributed by atoms with Crippen LogP contribution in [-0.4, -0.2) is 40.9 Å². The number of amides is 4. The molecule has 0 saturated carbocycles. The molecule has 2 aliphatic rings. The molecule has 0 fully saturated rings. The number of nitrogens with one attached hydrogen (secondary N) is 1. The summed E-state index contributed by atoms with van der Waals surface area (Å²) in [6.07, 6.45) is 0.436. The molecule has 0 aromatic heterocycles. The van der Waals surface area contributed by atoms with Gasteiger partial charge in [0.1, 0.15) is 5.84 Å². The number of nitrogens with zero attached hydrogens (tertiary/aromatic N) is 3. The Bertz CT molecular complexity index is 997. The van der Waals surface area contributed by atoms with Crippen LogP contribution in [0.25, 0.3) is 0 Å². The zero-order valence-electron chi connectivity index (χ0n) is 15.5. The third-order valence-electron chi connectivity index (χ3n) is 4.72. The quantitative estimate of drug-likeness (QED) is 0.789. The van der Waals surface area contributed by atoms with Crippen LogP contribution in [0.1, 0.15) is 40.0 Å². The van der Waals surface area contributed by atoms with Gasteiger partial charge in [-0.1, -0.05) is 30.3 Å². The minimum Gasteiger partial charge on any atom is -0.312 e. The van der Waals surface area contributed by atoms with E-state index in [2.05, 4.69) is 10.4 Å². The van der Waals surface area contributed by atoms with Gasteiger partial charge in [0.25, 0.3) is 17.7 Å². The highest BCUT2D eigenvalue weighted by Crippen LogP contribution is 2.23. The van der Waals surface area contributed by atoms with Gasteiger partial charge in [0.15, 0.2) is 0 Å². The lowest BCUT2D eigenvalue weighted by molar-refractivity contribution is -0.119. The highest BCUT2D eigenvalue weighted by molar-refractivity contribution is 6.21. The zero-order valence-corrected chi connectivity index (χ0v) is 15.5. The van der Waals surface area contributed by atoms with E-state index in [-0.39, 0.29) is 48.9 Å². The van der Waals surface area contributed by atoms with E-state index in [9.17, 15) is 19.2 Å². The number of fused-ring (bicyclic) bond motifs is 1. The number of amidine groups is 1. The second kappa shape index (κ2) is 7.67. The summed E-state index contributed by atoms with van der Waals surface area (Å²) in [6.45, 7) is 0.154. The number of hydrogen-bond acceptors (Lipinski definition) is 5. The van der Waals surface area contributed by atoms with E-state index in [0.717, 1.165) is 4.90 Å². The predicted molar refractivity (Wildman–Crippen MR) is 105 cm³/mol. The average molecular weight is 390 g/mol. The molecule has 8 heteroatoms. The highest BCUT2D eigenvalue weighted by Gasteiger charge is 2.34. The second-order valence-corrected chi connectivity index (χ2v) is 6.72. The molecule has 0 bridgehead atoms. The van der Waals surface area contributed by atoms with Crippen molar-refractivity contribution in [3.8, 4) is 0 Å². The fourth-order valence-electron chi connectivity index (χ4n) is 3.33. The van der Waals surface area contributed by atoms with Crippen molar-refractivity contribution in [1.29, 1.82) is 0 Å². The molecule has 0 aliphatic carbocycles. The number of anilines is 1. The number of rotatable bonds is 5. The highest BCUT2D eigenvalue weighted by atomic mass is 16.2. The Morgan fingerprint density at radius 3 is 2.21 bits per heavy atom. The molecule has 0 radical (unpaired) electrons. The fraction of sp³-hybridized carbons (Fsp3) is 0.190. The van der Waals surface area contributed by atoms with Crippen LogP contribution in [0, 0.1) is 0 Å². The largest absolute Gasteiger partial charge is 0.312 e. The van der Waals surface area contributed by atoms with E-state index in [0.29, 0.717) is 23.2 Å². The summed E-state index contributed by atoms with van der Waals surface area (Å²) in [5, 5.41) is 8.06. The molecule has 2 aliphatic heterocycles. The van der Waals surface area contributed by atoms with Crippen LogP contribution in [0.5, 0.6) is 0 Å². The summed E-state index contributed by atoms with van der Waals surface area (Å²) in [7, 11) is 0. The minimum absolute atomic E-state index is 0.0129. The maximum absolute atomic E-state index is 12.3. The zero-order chi connectivity index (χ0) is 20.4. The molecule has 0 spiro atoms. The van der Waals surface area contributed by atoms with Gasteiger partial charge in [-0.05, 0) is 30.7 Å².